The smallest absolute Gasteiger partial charge is 0.305 e. The average molecular weight is 381 g/mol. The lowest BCUT2D eigenvalue weighted by atomic mass is 10.0. The van der Waals surface area contributed by atoms with Gasteiger partial charge in [-0.1, -0.05) is 30.3 Å². The van der Waals surface area contributed by atoms with Crippen LogP contribution in [0.3, 0.4) is 0 Å². The van der Waals surface area contributed by atoms with Crippen LogP contribution in [0.2, 0.25) is 0 Å². The molecule has 0 aliphatic heterocycles. The maximum Gasteiger partial charge on any atom is 0.305 e. The molecule has 0 spiro atoms. The van der Waals surface area contributed by atoms with Crippen LogP contribution < -0.4 is 4.72 Å². The van der Waals surface area contributed by atoms with E-state index < -0.39 is 16.0 Å². The predicted molar refractivity (Wildman–Crippen MR) is 95.2 cm³/mol. The van der Waals surface area contributed by atoms with Gasteiger partial charge in [-0.25, -0.2) is 13.1 Å². The molecule has 2 rings (SSSR count). The Hall–Kier alpha value is -2.03. The molecule has 1 heterocycles. The molecule has 0 aliphatic carbocycles. The number of rotatable bonds is 9. The van der Waals surface area contributed by atoms with E-state index >= 15 is 0 Å². The van der Waals surface area contributed by atoms with Crippen LogP contribution in [0.15, 0.2) is 46.0 Å². The van der Waals surface area contributed by atoms with Crippen molar-refractivity contribution in [2.24, 2.45) is 0 Å². The molecule has 1 N–H and O–H groups in total. The number of esters is 1. The number of thiophene rings is 1. The summed E-state index contributed by atoms with van der Waals surface area (Å²) in [5.41, 5.74) is 1.44. The summed E-state index contributed by atoms with van der Waals surface area (Å²) in [4.78, 5) is 23.0. The molecule has 0 atom stereocenters. The largest absolute Gasteiger partial charge is 0.469 e. The third kappa shape index (κ3) is 5.77. The van der Waals surface area contributed by atoms with Gasteiger partial charge in [-0.15, -0.1) is 11.3 Å². The highest BCUT2D eigenvalue weighted by Crippen LogP contribution is 2.15. The summed E-state index contributed by atoms with van der Waals surface area (Å²) >= 11 is 1.17. The second kappa shape index (κ2) is 8.89. The topological polar surface area (TPSA) is 89.5 Å². The molecule has 0 bridgehead atoms. The second-order valence-corrected chi connectivity index (χ2v) is 8.22. The first-order valence-electron chi connectivity index (χ1n) is 7.64. The Bertz CT molecular complexity index is 811. The highest BCUT2D eigenvalue weighted by Gasteiger charge is 2.14. The van der Waals surface area contributed by atoms with Crippen LogP contribution in [-0.2, 0) is 26.0 Å². The van der Waals surface area contributed by atoms with Crippen LogP contribution in [0.5, 0.6) is 0 Å². The Morgan fingerprint density at radius 3 is 2.44 bits per heavy atom. The summed E-state index contributed by atoms with van der Waals surface area (Å²) in [6.45, 7) is 0.274. The molecular weight excluding hydrogens is 362 g/mol. The van der Waals surface area contributed by atoms with Gasteiger partial charge in [0.15, 0.2) is 5.78 Å². The fraction of sp³-hybridized carbons (Fsp3) is 0.294. The van der Waals surface area contributed by atoms with E-state index in [1.807, 2.05) is 0 Å². The van der Waals surface area contributed by atoms with Crippen molar-refractivity contribution in [2.75, 3.05) is 13.7 Å². The molecule has 0 aliphatic rings. The number of Topliss-reactive ketones (excluding diaryl/α,β-unsaturated/α-hetero) is 1. The molecule has 1 aromatic heterocycles. The summed E-state index contributed by atoms with van der Waals surface area (Å²) in [6.07, 6.45) is 0.676. The van der Waals surface area contributed by atoms with Crippen molar-refractivity contribution in [3.63, 3.8) is 0 Å². The van der Waals surface area contributed by atoms with Gasteiger partial charge in [-0.05, 0) is 23.4 Å². The minimum atomic E-state index is -3.46. The summed E-state index contributed by atoms with van der Waals surface area (Å²) in [5, 5.41) is 1.71. The van der Waals surface area contributed by atoms with E-state index in [2.05, 4.69) is 9.46 Å². The van der Waals surface area contributed by atoms with Gasteiger partial charge in [0.05, 0.1) is 13.5 Å². The van der Waals surface area contributed by atoms with E-state index in [1.54, 1.807) is 41.8 Å². The molecule has 0 fully saturated rings. The molecule has 0 radical (unpaired) electrons. The van der Waals surface area contributed by atoms with Crippen molar-refractivity contribution < 1.29 is 22.7 Å². The number of carbonyl (C=O) groups excluding carboxylic acids is 2. The fourth-order valence-electron chi connectivity index (χ4n) is 2.14. The summed E-state index contributed by atoms with van der Waals surface area (Å²) in [7, 11) is -2.17. The Morgan fingerprint density at radius 1 is 1.12 bits per heavy atom. The van der Waals surface area contributed by atoms with Gasteiger partial charge in [-0.2, -0.15) is 0 Å². The molecular formula is C17H19NO5S2. The van der Waals surface area contributed by atoms with Crippen molar-refractivity contribution in [3.8, 4) is 0 Å². The van der Waals surface area contributed by atoms with Gasteiger partial charge in [0.2, 0.25) is 10.0 Å². The second-order valence-electron chi connectivity index (χ2n) is 5.28. The number of hydrogen-bond donors (Lipinski definition) is 1. The summed E-state index contributed by atoms with van der Waals surface area (Å²) in [5.74, 6) is -0.543. The molecule has 1 aromatic carbocycles. The van der Waals surface area contributed by atoms with Crippen molar-refractivity contribution in [3.05, 3.63) is 52.9 Å². The number of ether oxygens (including phenoxy) is 1. The van der Waals surface area contributed by atoms with Crippen LogP contribution >= 0.6 is 11.3 Å². The van der Waals surface area contributed by atoms with Crippen LogP contribution in [0, 0.1) is 0 Å². The maximum absolute atomic E-state index is 12.0. The number of sulfonamides is 1. The van der Waals surface area contributed by atoms with Crippen LogP contribution in [-0.4, -0.2) is 33.8 Å². The van der Waals surface area contributed by atoms with E-state index in [0.717, 1.165) is 5.56 Å². The zero-order valence-corrected chi connectivity index (χ0v) is 15.4. The van der Waals surface area contributed by atoms with E-state index in [4.69, 9.17) is 0 Å². The standard InChI is InChI=1S/C17H19NO5S2/c1-23-16(20)9-8-15(19)14-6-4-13(5-7-14)10-11-18-25(21,22)17-3-2-12-24-17/h2-7,12,18H,8-11H2,1H3. The Morgan fingerprint density at radius 2 is 1.84 bits per heavy atom. The monoisotopic (exact) mass is 381 g/mol. The number of ketones is 1. The SMILES string of the molecule is COC(=O)CCC(=O)c1ccc(CCNS(=O)(=O)c2cccs2)cc1. The van der Waals surface area contributed by atoms with E-state index in [0.29, 0.717) is 16.2 Å². The van der Waals surface area contributed by atoms with Crippen molar-refractivity contribution >= 4 is 33.1 Å². The van der Waals surface area contributed by atoms with Gasteiger partial charge in [0.25, 0.3) is 0 Å². The molecule has 134 valence electrons. The van der Waals surface area contributed by atoms with Gasteiger partial charge in [0.1, 0.15) is 4.21 Å². The molecule has 25 heavy (non-hydrogen) atoms. The Balaban J connectivity index is 1.84. The fourth-order valence-corrected chi connectivity index (χ4v) is 4.21. The first-order chi connectivity index (χ1) is 11.9. The van der Waals surface area contributed by atoms with Crippen LogP contribution in [0.4, 0.5) is 0 Å². The number of methoxy groups -OCH3 is 1. The molecule has 6 nitrogen and oxygen atoms in total. The lowest BCUT2D eigenvalue weighted by Crippen LogP contribution is -2.25. The van der Waals surface area contributed by atoms with Gasteiger partial charge in [0, 0.05) is 18.5 Å². The number of benzene rings is 1. The quantitative estimate of drug-likeness (QED) is 0.532. The Labute approximate surface area is 150 Å². The summed E-state index contributed by atoms with van der Waals surface area (Å²) in [6, 6.07) is 10.2. The molecule has 8 heteroatoms. The van der Waals surface area contributed by atoms with Gasteiger partial charge in [-0.3, -0.25) is 9.59 Å². The highest BCUT2D eigenvalue weighted by atomic mass is 32.2. The van der Waals surface area contributed by atoms with E-state index in [1.165, 1.54) is 18.4 Å². The third-order valence-corrected chi connectivity index (χ3v) is 6.38. The maximum atomic E-state index is 12.0. The van der Waals surface area contributed by atoms with Crippen molar-refractivity contribution in [1.82, 2.24) is 4.72 Å². The average Bonchev–Trinajstić information content (AvgIpc) is 3.15. The number of nitrogens with one attached hydrogen (secondary N) is 1. The lowest BCUT2D eigenvalue weighted by molar-refractivity contribution is -0.140. The number of hydrogen-bond acceptors (Lipinski definition) is 6. The van der Waals surface area contributed by atoms with Gasteiger partial charge >= 0.3 is 5.97 Å². The first kappa shape index (κ1) is 19.3. The van der Waals surface area contributed by atoms with Gasteiger partial charge < -0.3 is 4.74 Å². The molecule has 0 amide bonds. The summed E-state index contributed by atoms with van der Waals surface area (Å²) < 4.78 is 31.3. The third-order valence-electron chi connectivity index (χ3n) is 3.53. The minimum Gasteiger partial charge on any atom is -0.469 e. The molecule has 0 saturated heterocycles. The zero-order valence-electron chi connectivity index (χ0n) is 13.7. The number of carbonyl (C=O) groups is 2. The normalized spacial score (nSPS) is 11.2. The molecule has 0 unspecified atom stereocenters. The Kier molecular flexibility index (Phi) is 6.86. The molecule has 2 aromatic rings. The van der Waals surface area contributed by atoms with Crippen LogP contribution in [0.25, 0.3) is 0 Å². The van der Waals surface area contributed by atoms with E-state index in [9.17, 15) is 18.0 Å². The van der Waals surface area contributed by atoms with Crippen LogP contribution in [0.1, 0.15) is 28.8 Å². The zero-order chi connectivity index (χ0) is 18.3. The predicted octanol–water partition coefficient (Wildman–Crippen LogP) is 2.41. The lowest BCUT2D eigenvalue weighted by Gasteiger charge is -2.06. The minimum absolute atomic E-state index is 0.0571. The van der Waals surface area contributed by atoms with Crippen molar-refractivity contribution in [2.45, 2.75) is 23.5 Å². The van der Waals surface area contributed by atoms with Crippen molar-refractivity contribution in [1.29, 1.82) is 0 Å². The highest BCUT2D eigenvalue weighted by molar-refractivity contribution is 7.91. The molecule has 0 saturated carbocycles. The first-order valence-corrected chi connectivity index (χ1v) is 10.0. The van der Waals surface area contributed by atoms with E-state index in [-0.39, 0.29) is 25.2 Å².